The first-order valence-electron chi connectivity index (χ1n) is 11.5. The van der Waals surface area contributed by atoms with Crippen molar-refractivity contribution in [2.24, 2.45) is 0 Å². The minimum Gasteiger partial charge on any atom is -0.348 e. The summed E-state index contributed by atoms with van der Waals surface area (Å²) in [6.07, 6.45) is 10.7. The van der Waals surface area contributed by atoms with Crippen LogP contribution in [0.15, 0.2) is 84.7 Å². The van der Waals surface area contributed by atoms with E-state index in [-0.39, 0.29) is 29.6 Å². The summed E-state index contributed by atoms with van der Waals surface area (Å²) in [6.45, 7) is 4.80. The fourth-order valence-electron chi connectivity index (χ4n) is 4.34. The quantitative estimate of drug-likeness (QED) is 0.551. The molecular formula is C27H28N4O3. The second-order valence-corrected chi connectivity index (χ2v) is 8.37. The van der Waals surface area contributed by atoms with Gasteiger partial charge in [-0.2, -0.15) is 0 Å². The molecule has 174 valence electrons. The number of carbonyl (C=O) groups is 2. The largest absolute Gasteiger partial charge is 0.348 e. The van der Waals surface area contributed by atoms with Crippen molar-refractivity contribution in [1.82, 2.24) is 19.8 Å². The maximum Gasteiger partial charge on any atom is 0.259 e. The molecule has 7 heteroatoms. The monoisotopic (exact) mass is 456 g/mol. The Morgan fingerprint density at radius 1 is 1.09 bits per heavy atom. The molecule has 1 aliphatic rings. The van der Waals surface area contributed by atoms with E-state index in [0.717, 1.165) is 30.4 Å². The highest BCUT2D eigenvalue weighted by Crippen LogP contribution is 2.31. The van der Waals surface area contributed by atoms with E-state index >= 15 is 0 Å². The number of piperidine rings is 1. The number of nitrogens with one attached hydrogen (secondary N) is 1. The van der Waals surface area contributed by atoms with Crippen molar-refractivity contribution in [2.45, 2.75) is 31.8 Å². The van der Waals surface area contributed by atoms with E-state index in [4.69, 9.17) is 0 Å². The van der Waals surface area contributed by atoms with Gasteiger partial charge in [-0.05, 0) is 36.5 Å². The molecular weight excluding hydrogens is 428 g/mol. The van der Waals surface area contributed by atoms with Crippen LogP contribution >= 0.6 is 0 Å². The van der Waals surface area contributed by atoms with Gasteiger partial charge >= 0.3 is 0 Å². The average molecular weight is 457 g/mol. The van der Waals surface area contributed by atoms with Crippen molar-refractivity contribution in [2.75, 3.05) is 13.1 Å². The van der Waals surface area contributed by atoms with Gasteiger partial charge in [0.1, 0.15) is 11.1 Å². The van der Waals surface area contributed by atoms with E-state index in [0.29, 0.717) is 13.1 Å². The zero-order valence-corrected chi connectivity index (χ0v) is 19.0. The molecule has 1 atom stereocenters. The second-order valence-electron chi connectivity index (χ2n) is 8.37. The topological polar surface area (TPSA) is 84.3 Å². The van der Waals surface area contributed by atoms with Gasteiger partial charge in [-0.1, -0.05) is 42.5 Å². The van der Waals surface area contributed by atoms with E-state index in [2.05, 4.69) is 16.9 Å². The summed E-state index contributed by atoms with van der Waals surface area (Å²) in [7, 11) is 0. The van der Waals surface area contributed by atoms with E-state index in [1.54, 1.807) is 34.1 Å². The molecule has 2 aromatic heterocycles. The van der Waals surface area contributed by atoms with Crippen LogP contribution in [0.25, 0.3) is 0 Å². The van der Waals surface area contributed by atoms with Crippen LogP contribution in [0.1, 0.15) is 57.1 Å². The predicted molar refractivity (Wildman–Crippen MR) is 131 cm³/mol. The molecule has 1 aliphatic heterocycles. The van der Waals surface area contributed by atoms with Gasteiger partial charge in [0.05, 0.1) is 6.04 Å². The number of benzene rings is 1. The average Bonchev–Trinajstić information content (AvgIpc) is 2.89. The molecule has 0 aliphatic carbocycles. The Balaban J connectivity index is 1.74. The van der Waals surface area contributed by atoms with Gasteiger partial charge < -0.3 is 14.8 Å². The van der Waals surface area contributed by atoms with Crippen molar-refractivity contribution in [3.8, 4) is 0 Å². The third-order valence-electron chi connectivity index (χ3n) is 6.00. The third-order valence-corrected chi connectivity index (χ3v) is 6.00. The molecule has 2 amide bonds. The van der Waals surface area contributed by atoms with Gasteiger partial charge in [-0.25, -0.2) is 0 Å². The summed E-state index contributed by atoms with van der Waals surface area (Å²) in [5.41, 5.74) is 1.32. The highest BCUT2D eigenvalue weighted by Gasteiger charge is 2.31. The lowest BCUT2D eigenvalue weighted by Gasteiger charge is -2.36. The molecule has 1 fully saturated rings. The van der Waals surface area contributed by atoms with Crippen LogP contribution in [0.2, 0.25) is 0 Å². The molecule has 34 heavy (non-hydrogen) atoms. The molecule has 3 aromatic rings. The molecule has 0 saturated carbocycles. The van der Waals surface area contributed by atoms with E-state index in [1.165, 1.54) is 6.20 Å². The number of rotatable bonds is 7. The first-order valence-corrected chi connectivity index (χ1v) is 11.5. The molecule has 4 rings (SSSR count). The van der Waals surface area contributed by atoms with Crippen LogP contribution in [-0.2, 0) is 6.54 Å². The number of hydrogen-bond acceptors (Lipinski definition) is 4. The van der Waals surface area contributed by atoms with Gasteiger partial charge in [0.2, 0.25) is 5.43 Å². The number of carbonyl (C=O) groups excluding carboxylic acids is 2. The predicted octanol–water partition coefficient (Wildman–Crippen LogP) is 3.57. The molecule has 3 heterocycles. The number of nitrogens with zero attached hydrogens (tertiary/aromatic N) is 3. The molecule has 1 N–H and O–H groups in total. The first-order chi connectivity index (χ1) is 16.6. The van der Waals surface area contributed by atoms with Gasteiger partial charge in [0.15, 0.2) is 0 Å². The molecule has 0 bridgehead atoms. The number of pyridine rings is 2. The van der Waals surface area contributed by atoms with Crippen molar-refractivity contribution >= 4 is 11.8 Å². The van der Waals surface area contributed by atoms with Crippen LogP contribution in [0.4, 0.5) is 0 Å². The fourth-order valence-corrected chi connectivity index (χ4v) is 4.34. The Kier molecular flexibility index (Phi) is 7.32. The van der Waals surface area contributed by atoms with Crippen molar-refractivity contribution < 1.29 is 9.59 Å². The van der Waals surface area contributed by atoms with Crippen LogP contribution < -0.4 is 10.7 Å². The second kappa shape index (κ2) is 10.7. The summed E-state index contributed by atoms with van der Waals surface area (Å²) < 4.78 is 1.73. The Morgan fingerprint density at radius 2 is 1.88 bits per heavy atom. The van der Waals surface area contributed by atoms with Gasteiger partial charge in [0.25, 0.3) is 11.8 Å². The maximum atomic E-state index is 13.7. The SMILES string of the molecule is C=CCNC(=O)c1cn(Cc2ccccc2)cc(C(=O)N2CCCCC2c2cccnc2)c1=O. The molecule has 0 radical (unpaired) electrons. The lowest BCUT2D eigenvalue weighted by atomic mass is 9.95. The van der Waals surface area contributed by atoms with Crippen LogP contribution in [0.5, 0.6) is 0 Å². The number of hydrogen-bond donors (Lipinski definition) is 1. The number of aromatic nitrogens is 2. The highest BCUT2D eigenvalue weighted by atomic mass is 16.2. The summed E-state index contributed by atoms with van der Waals surface area (Å²) in [5, 5.41) is 2.66. The molecule has 0 spiro atoms. The summed E-state index contributed by atoms with van der Waals surface area (Å²) in [4.78, 5) is 45.8. The first kappa shape index (κ1) is 23.2. The molecule has 1 saturated heterocycles. The normalized spacial score (nSPS) is 15.5. The summed E-state index contributed by atoms with van der Waals surface area (Å²) in [6, 6.07) is 13.3. The Hall–Kier alpha value is -4.00. The molecule has 7 nitrogen and oxygen atoms in total. The number of likely N-dealkylation sites (tertiary alicyclic amines) is 1. The standard InChI is InChI=1S/C27H28N4O3/c1-2-13-29-26(33)22-18-30(17-20-9-4-3-5-10-20)19-23(25(22)32)27(34)31-15-7-6-12-24(31)21-11-8-14-28-16-21/h2-5,8-11,14,16,18-19,24H,1,6-7,12-13,15,17H2,(H,29,33). The Bertz CT molecular complexity index is 1220. The van der Waals surface area contributed by atoms with E-state index < -0.39 is 11.3 Å². The zero-order valence-electron chi connectivity index (χ0n) is 19.0. The molecule has 1 aromatic carbocycles. The minimum atomic E-state index is -0.564. The Morgan fingerprint density at radius 3 is 2.62 bits per heavy atom. The zero-order chi connectivity index (χ0) is 23.9. The Labute approximate surface area is 198 Å². The maximum absolute atomic E-state index is 13.7. The van der Waals surface area contributed by atoms with Crippen LogP contribution in [0, 0.1) is 0 Å². The lowest BCUT2D eigenvalue weighted by Crippen LogP contribution is -2.42. The smallest absolute Gasteiger partial charge is 0.259 e. The lowest BCUT2D eigenvalue weighted by molar-refractivity contribution is 0.0609. The van der Waals surface area contributed by atoms with Crippen molar-refractivity contribution in [3.63, 3.8) is 0 Å². The van der Waals surface area contributed by atoms with Crippen LogP contribution in [-0.4, -0.2) is 39.4 Å². The van der Waals surface area contributed by atoms with E-state index in [1.807, 2.05) is 42.5 Å². The summed E-state index contributed by atoms with van der Waals surface area (Å²) >= 11 is 0. The van der Waals surface area contributed by atoms with Gasteiger partial charge in [-0.3, -0.25) is 19.4 Å². The minimum absolute atomic E-state index is 0.00188. The summed E-state index contributed by atoms with van der Waals surface area (Å²) in [5.74, 6) is -0.887. The van der Waals surface area contributed by atoms with E-state index in [9.17, 15) is 14.4 Å². The van der Waals surface area contributed by atoms with Crippen molar-refractivity contribution in [1.29, 1.82) is 0 Å². The van der Waals surface area contributed by atoms with Gasteiger partial charge in [0, 0.05) is 44.4 Å². The highest BCUT2D eigenvalue weighted by molar-refractivity contribution is 5.99. The third kappa shape index (κ3) is 5.14. The molecule has 1 unspecified atom stereocenters. The van der Waals surface area contributed by atoms with Crippen molar-refractivity contribution in [3.05, 3.63) is 112 Å². The van der Waals surface area contributed by atoms with Crippen LogP contribution in [0.3, 0.4) is 0 Å². The fraction of sp³-hybridized carbons (Fsp3) is 0.259. The van der Waals surface area contributed by atoms with Gasteiger partial charge in [-0.15, -0.1) is 6.58 Å². The number of amides is 2.